The van der Waals surface area contributed by atoms with Crippen molar-refractivity contribution < 1.29 is 19.1 Å². The van der Waals surface area contributed by atoms with E-state index in [9.17, 15) is 14.4 Å². The van der Waals surface area contributed by atoms with E-state index in [0.717, 1.165) is 49.2 Å². The number of hydrogen-bond acceptors (Lipinski definition) is 4. The van der Waals surface area contributed by atoms with Crippen LogP contribution in [0.2, 0.25) is 0 Å². The third-order valence-corrected chi connectivity index (χ3v) is 7.07. The summed E-state index contributed by atoms with van der Waals surface area (Å²) in [6.45, 7) is 9.80. The van der Waals surface area contributed by atoms with Crippen LogP contribution in [0.3, 0.4) is 0 Å². The minimum Gasteiger partial charge on any atom is -0.462 e. The molecule has 7 heteroatoms. The van der Waals surface area contributed by atoms with Crippen LogP contribution in [-0.2, 0) is 20.9 Å². The second kappa shape index (κ2) is 11.5. The third kappa shape index (κ3) is 5.87. The first kappa shape index (κ1) is 25.1. The monoisotopic (exact) mass is 457 g/mol. The van der Waals surface area contributed by atoms with Gasteiger partial charge in [0.1, 0.15) is 0 Å². The van der Waals surface area contributed by atoms with Gasteiger partial charge in [-0.1, -0.05) is 19.3 Å². The summed E-state index contributed by atoms with van der Waals surface area (Å²) in [4.78, 5) is 40.1. The zero-order valence-electron chi connectivity index (χ0n) is 20.6. The Morgan fingerprint density at radius 1 is 1.03 bits per heavy atom. The van der Waals surface area contributed by atoms with E-state index in [1.807, 2.05) is 20.8 Å². The fourth-order valence-electron chi connectivity index (χ4n) is 5.26. The molecular formula is C26H39N3O4. The Kier molecular flexibility index (Phi) is 8.75. The molecule has 0 aromatic carbocycles. The maximum absolute atomic E-state index is 13.0. The molecule has 1 N–H and O–H groups in total. The number of aromatic nitrogens is 1. The molecule has 2 fully saturated rings. The van der Waals surface area contributed by atoms with Crippen LogP contribution >= 0.6 is 0 Å². The SMILES string of the molecule is CCOC(=O)c1c(/C=C/C(=O)N2CCCC(C(=O)NC3CCCCC3)C2)c(C)n(CC)c1C. The van der Waals surface area contributed by atoms with Crippen LogP contribution in [-0.4, -0.2) is 53.0 Å². The minimum absolute atomic E-state index is 0.0828. The Bertz CT molecular complexity index is 896. The minimum atomic E-state index is -0.366. The number of esters is 1. The second-order valence-corrected chi connectivity index (χ2v) is 9.22. The van der Waals surface area contributed by atoms with E-state index in [1.165, 1.54) is 25.3 Å². The maximum atomic E-state index is 13.0. The van der Waals surface area contributed by atoms with Crippen LogP contribution in [0.5, 0.6) is 0 Å². The highest BCUT2D eigenvalue weighted by atomic mass is 16.5. The zero-order chi connectivity index (χ0) is 24.0. The molecule has 1 atom stereocenters. The quantitative estimate of drug-likeness (QED) is 0.496. The van der Waals surface area contributed by atoms with Crippen molar-refractivity contribution >= 4 is 23.9 Å². The van der Waals surface area contributed by atoms with Crippen molar-refractivity contribution in [2.45, 2.75) is 85.2 Å². The molecule has 0 spiro atoms. The molecule has 1 aromatic heterocycles. The first-order valence-electron chi connectivity index (χ1n) is 12.5. The van der Waals surface area contributed by atoms with Gasteiger partial charge in [0.25, 0.3) is 0 Å². The standard InChI is InChI=1S/C26H39N3O4/c1-5-29-18(3)22(24(19(29)4)26(32)33-6-2)14-15-23(30)28-16-10-11-20(17-28)25(31)27-21-12-8-7-9-13-21/h14-15,20-21H,5-13,16-17H2,1-4H3,(H,27,31)/b15-14+. The molecule has 33 heavy (non-hydrogen) atoms. The molecule has 1 aliphatic heterocycles. The molecule has 1 saturated heterocycles. The van der Waals surface area contributed by atoms with Gasteiger partial charge in [-0.3, -0.25) is 9.59 Å². The smallest absolute Gasteiger partial charge is 0.340 e. The van der Waals surface area contributed by atoms with Crippen molar-refractivity contribution in [2.24, 2.45) is 5.92 Å². The lowest BCUT2D eigenvalue weighted by Crippen LogP contribution is -2.47. The summed E-state index contributed by atoms with van der Waals surface area (Å²) in [5.41, 5.74) is 3.02. The summed E-state index contributed by atoms with van der Waals surface area (Å²) < 4.78 is 7.32. The van der Waals surface area contributed by atoms with Gasteiger partial charge in [-0.25, -0.2) is 4.79 Å². The second-order valence-electron chi connectivity index (χ2n) is 9.22. The Balaban J connectivity index is 1.69. The number of piperidine rings is 1. The van der Waals surface area contributed by atoms with Crippen molar-refractivity contribution in [2.75, 3.05) is 19.7 Å². The number of likely N-dealkylation sites (tertiary alicyclic amines) is 1. The summed E-state index contributed by atoms with van der Waals surface area (Å²) in [5.74, 6) is -0.561. The van der Waals surface area contributed by atoms with Gasteiger partial charge in [-0.2, -0.15) is 0 Å². The molecule has 7 nitrogen and oxygen atoms in total. The van der Waals surface area contributed by atoms with E-state index < -0.39 is 0 Å². The third-order valence-electron chi connectivity index (χ3n) is 7.07. The van der Waals surface area contributed by atoms with E-state index in [4.69, 9.17) is 4.74 Å². The number of amides is 2. The first-order chi connectivity index (χ1) is 15.9. The number of carbonyl (C=O) groups excluding carboxylic acids is 3. The lowest BCUT2D eigenvalue weighted by atomic mass is 9.93. The van der Waals surface area contributed by atoms with Gasteiger partial charge < -0.3 is 19.5 Å². The molecule has 1 aromatic rings. The Morgan fingerprint density at radius 2 is 1.76 bits per heavy atom. The van der Waals surface area contributed by atoms with Crippen LogP contribution in [0.4, 0.5) is 0 Å². The fourth-order valence-corrected chi connectivity index (χ4v) is 5.26. The largest absolute Gasteiger partial charge is 0.462 e. The number of hydrogen-bond donors (Lipinski definition) is 1. The first-order valence-corrected chi connectivity index (χ1v) is 12.5. The van der Waals surface area contributed by atoms with Crippen LogP contribution in [0, 0.1) is 19.8 Å². The fraction of sp³-hybridized carbons (Fsp3) is 0.654. The van der Waals surface area contributed by atoms with E-state index in [2.05, 4.69) is 9.88 Å². The van der Waals surface area contributed by atoms with E-state index in [-0.39, 0.29) is 29.7 Å². The summed E-state index contributed by atoms with van der Waals surface area (Å²) in [7, 11) is 0. The highest BCUT2D eigenvalue weighted by Crippen LogP contribution is 2.26. The van der Waals surface area contributed by atoms with E-state index in [1.54, 1.807) is 17.9 Å². The average molecular weight is 458 g/mol. The van der Waals surface area contributed by atoms with Gasteiger partial charge >= 0.3 is 5.97 Å². The van der Waals surface area contributed by atoms with E-state index >= 15 is 0 Å². The average Bonchev–Trinajstić information content (AvgIpc) is 3.06. The Labute approximate surface area is 197 Å². The highest BCUT2D eigenvalue weighted by Gasteiger charge is 2.29. The van der Waals surface area contributed by atoms with Crippen LogP contribution in [0.25, 0.3) is 6.08 Å². The Hall–Kier alpha value is -2.57. The predicted octanol–water partition coefficient (Wildman–Crippen LogP) is 4.00. The summed E-state index contributed by atoms with van der Waals surface area (Å²) in [6.07, 6.45) is 10.6. The molecule has 1 aliphatic carbocycles. The van der Waals surface area contributed by atoms with Crippen LogP contribution < -0.4 is 5.32 Å². The van der Waals surface area contributed by atoms with Crippen LogP contribution in [0.15, 0.2) is 6.08 Å². The maximum Gasteiger partial charge on any atom is 0.340 e. The zero-order valence-corrected chi connectivity index (χ0v) is 20.6. The van der Waals surface area contributed by atoms with Crippen LogP contribution in [0.1, 0.15) is 86.1 Å². The molecule has 0 radical (unpaired) electrons. The number of nitrogens with one attached hydrogen (secondary N) is 1. The van der Waals surface area contributed by atoms with Crippen molar-refractivity contribution in [3.63, 3.8) is 0 Å². The van der Waals surface area contributed by atoms with Gasteiger partial charge in [-0.05, 0) is 59.5 Å². The molecule has 1 saturated carbocycles. The van der Waals surface area contributed by atoms with Crippen molar-refractivity contribution in [3.05, 3.63) is 28.6 Å². The lowest BCUT2D eigenvalue weighted by molar-refractivity contribution is -0.132. The van der Waals surface area contributed by atoms with Crippen molar-refractivity contribution in [3.8, 4) is 0 Å². The van der Waals surface area contributed by atoms with Crippen molar-refractivity contribution in [1.82, 2.24) is 14.8 Å². The molecule has 182 valence electrons. The molecular weight excluding hydrogens is 418 g/mol. The summed E-state index contributed by atoms with van der Waals surface area (Å²) >= 11 is 0. The predicted molar refractivity (Wildman–Crippen MR) is 129 cm³/mol. The van der Waals surface area contributed by atoms with Crippen molar-refractivity contribution in [1.29, 1.82) is 0 Å². The van der Waals surface area contributed by atoms with Gasteiger partial charge in [0.05, 0.1) is 18.1 Å². The van der Waals surface area contributed by atoms with E-state index in [0.29, 0.717) is 25.3 Å². The van der Waals surface area contributed by atoms with Gasteiger partial charge in [-0.15, -0.1) is 0 Å². The topological polar surface area (TPSA) is 80.6 Å². The number of ether oxygens (including phenoxy) is 1. The highest BCUT2D eigenvalue weighted by molar-refractivity contribution is 5.99. The molecule has 2 aliphatic rings. The van der Waals surface area contributed by atoms with Gasteiger partial charge in [0, 0.05) is 48.7 Å². The molecule has 3 rings (SSSR count). The number of nitrogens with zero attached hydrogens (tertiary/aromatic N) is 2. The molecule has 0 bridgehead atoms. The normalized spacial score (nSPS) is 19.6. The van der Waals surface area contributed by atoms with Gasteiger partial charge in [0.2, 0.25) is 11.8 Å². The van der Waals surface area contributed by atoms with Gasteiger partial charge in [0.15, 0.2) is 0 Å². The lowest BCUT2D eigenvalue weighted by Gasteiger charge is -2.33. The number of rotatable bonds is 7. The number of carbonyl (C=O) groups is 3. The molecule has 2 heterocycles. The Morgan fingerprint density at radius 3 is 2.42 bits per heavy atom. The molecule has 1 unspecified atom stereocenters. The summed E-state index contributed by atoms with van der Waals surface area (Å²) in [6, 6.07) is 0.285. The molecule has 2 amide bonds. The summed E-state index contributed by atoms with van der Waals surface area (Å²) in [5, 5.41) is 3.21.